The topological polar surface area (TPSA) is 68.4 Å². The number of nitrogens with one attached hydrogen (secondary N) is 1. The second kappa shape index (κ2) is 5.92. The van der Waals surface area contributed by atoms with Crippen molar-refractivity contribution in [3.63, 3.8) is 0 Å². The molecule has 0 saturated carbocycles. The molecular weight excluding hydrogens is 313 g/mol. The lowest BCUT2D eigenvalue weighted by molar-refractivity contribution is -0.255. The first-order chi connectivity index (χ1) is 11.4. The van der Waals surface area contributed by atoms with Gasteiger partial charge in [-0.2, -0.15) is 0 Å². The molecule has 128 valence electrons. The van der Waals surface area contributed by atoms with E-state index in [0.29, 0.717) is 23.8 Å². The molecule has 24 heavy (non-hydrogen) atoms. The van der Waals surface area contributed by atoms with Gasteiger partial charge in [0.1, 0.15) is 5.82 Å². The van der Waals surface area contributed by atoms with Crippen LogP contribution in [0.3, 0.4) is 0 Å². The van der Waals surface area contributed by atoms with E-state index in [2.05, 4.69) is 4.98 Å². The van der Waals surface area contributed by atoms with Crippen LogP contribution >= 0.6 is 0 Å². The van der Waals surface area contributed by atoms with Crippen molar-refractivity contribution in [1.82, 2.24) is 4.98 Å². The van der Waals surface area contributed by atoms with Crippen LogP contribution in [0.25, 0.3) is 10.9 Å². The van der Waals surface area contributed by atoms with Crippen LogP contribution < -0.4 is 0 Å². The van der Waals surface area contributed by atoms with Gasteiger partial charge in [0.2, 0.25) is 0 Å². The van der Waals surface area contributed by atoms with Crippen molar-refractivity contribution < 1.29 is 23.5 Å². The molecule has 1 aromatic carbocycles. The zero-order valence-corrected chi connectivity index (χ0v) is 13.9. The third kappa shape index (κ3) is 2.56. The molecule has 6 heteroatoms. The average Bonchev–Trinajstić information content (AvgIpc) is 2.96. The van der Waals surface area contributed by atoms with Crippen molar-refractivity contribution in [2.24, 2.45) is 5.92 Å². The van der Waals surface area contributed by atoms with Gasteiger partial charge in [0.15, 0.2) is 5.92 Å². The molecule has 1 aromatic heterocycles. The highest BCUT2D eigenvalue weighted by atomic mass is 19.1. The van der Waals surface area contributed by atoms with E-state index in [9.17, 15) is 14.0 Å². The molecule has 2 aromatic rings. The molecule has 5 nitrogen and oxygen atoms in total. The van der Waals surface area contributed by atoms with E-state index < -0.39 is 29.6 Å². The number of fused-ring (bicyclic) bond motifs is 1. The Morgan fingerprint density at radius 3 is 2.42 bits per heavy atom. The molecule has 1 unspecified atom stereocenters. The number of esters is 2. The van der Waals surface area contributed by atoms with Crippen LogP contribution in [0, 0.1) is 11.7 Å². The Bertz CT molecular complexity index is 773. The Labute approximate surface area is 139 Å². The second-order valence-electron chi connectivity index (χ2n) is 6.16. The van der Waals surface area contributed by atoms with Crippen LogP contribution in [0.2, 0.25) is 0 Å². The zero-order chi connectivity index (χ0) is 17.5. The summed E-state index contributed by atoms with van der Waals surface area (Å²) in [6, 6.07) is 4.37. The average molecular weight is 333 g/mol. The summed E-state index contributed by atoms with van der Waals surface area (Å²) in [6.45, 7) is 5.35. The van der Waals surface area contributed by atoms with E-state index in [1.54, 1.807) is 33.0 Å². The number of benzene rings is 1. The lowest BCUT2D eigenvalue weighted by Gasteiger charge is -2.38. The number of carbonyl (C=O) groups is 2. The minimum absolute atomic E-state index is 0.375. The number of rotatable bonds is 4. The third-order valence-corrected chi connectivity index (χ3v) is 4.82. The highest BCUT2D eigenvalue weighted by Gasteiger charge is 2.49. The quantitative estimate of drug-likeness (QED) is 0.685. The molecule has 1 atom stereocenters. The van der Waals surface area contributed by atoms with E-state index in [0.717, 1.165) is 5.52 Å². The number of aromatic amines is 1. The van der Waals surface area contributed by atoms with E-state index in [-0.39, 0.29) is 5.82 Å². The number of hydrogen-bond donors (Lipinski definition) is 1. The fourth-order valence-corrected chi connectivity index (χ4v) is 3.23. The number of aromatic nitrogens is 1. The summed E-state index contributed by atoms with van der Waals surface area (Å²) in [6.07, 6.45) is 2.50. The molecule has 0 spiro atoms. The second-order valence-corrected chi connectivity index (χ2v) is 6.16. The predicted octanol–water partition coefficient (Wildman–Crippen LogP) is 3.64. The van der Waals surface area contributed by atoms with Gasteiger partial charge in [0.05, 0.1) is 0 Å². The van der Waals surface area contributed by atoms with Gasteiger partial charge >= 0.3 is 11.9 Å². The normalized spacial score (nSPS) is 19.2. The molecular formula is C18H20FNO4. The smallest absolute Gasteiger partial charge is 0.324 e. The monoisotopic (exact) mass is 333 g/mol. The highest BCUT2D eigenvalue weighted by molar-refractivity contribution is 5.98. The molecule has 0 amide bonds. The van der Waals surface area contributed by atoms with E-state index in [1.807, 2.05) is 0 Å². The Morgan fingerprint density at radius 2 is 1.83 bits per heavy atom. The van der Waals surface area contributed by atoms with Crippen molar-refractivity contribution in [2.75, 3.05) is 0 Å². The maximum Gasteiger partial charge on any atom is 0.324 e. The molecule has 1 aliphatic rings. The molecule has 1 aliphatic heterocycles. The Hall–Kier alpha value is -2.37. The summed E-state index contributed by atoms with van der Waals surface area (Å²) in [4.78, 5) is 28.0. The van der Waals surface area contributed by atoms with Gasteiger partial charge < -0.3 is 14.5 Å². The summed E-state index contributed by atoms with van der Waals surface area (Å²) in [5.74, 6) is -4.27. The van der Waals surface area contributed by atoms with Gasteiger partial charge in [-0.3, -0.25) is 9.59 Å². The summed E-state index contributed by atoms with van der Waals surface area (Å²) in [5, 5.41) is 0.644. The first-order valence-corrected chi connectivity index (χ1v) is 8.13. The number of cyclic esters (lactones) is 2. The Morgan fingerprint density at radius 1 is 1.21 bits per heavy atom. The summed E-state index contributed by atoms with van der Waals surface area (Å²) >= 11 is 0. The number of ether oxygens (including phenoxy) is 2. The fraction of sp³-hybridized carbons (Fsp3) is 0.444. The van der Waals surface area contributed by atoms with Crippen LogP contribution in [0.5, 0.6) is 0 Å². The van der Waals surface area contributed by atoms with Crippen LogP contribution in [0.4, 0.5) is 4.39 Å². The van der Waals surface area contributed by atoms with Crippen molar-refractivity contribution >= 4 is 22.8 Å². The minimum atomic E-state index is -1.17. The Kier molecular flexibility index (Phi) is 4.07. The minimum Gasteiger partial charge on any atom is -0.422 e. The van der Waals surface area contributed by atoms with E-state index in [1.165, 1.54) is 12.1 Å². The number of H-pyrrole nitrogens is 1. The van der Waals surface area contributed by atoms with Crippen LogP contribution in [0.1, 0.15) is 45.1 Å². The molecule has 1 N–H and O–H groups in total. The molecule has 1 saturated heterocycles. The fourth-order valence-electron chi connectivity index (χ4n) is 3.23. The summed E-state index contributed by atoms with van der Waals surface area (Å²) in [7, 11) is 0. The predicted molar refractivity (Wildman–Crippen MR) is 85.7 cm³/mol. The van der Waals surface area contributed by atoms with Crippen LogP contribution in [-0.2, 0) is 19.1 Å². The van der Waals surface area contributed by atoms with Gasteiger partial charge in [-0.25, -0.2) is 4.39 Å². The first kappa shape index (κ1) is 16.5. The first-order valence-electron chi connectivity index (χ1n) is 8.13. The molecule has 0 aliphatic carbocycles. The summed E-state index contributed by atoms with van der Waals surface area (Å²) < 4.78 is 24.4. The molecule has 3 rings (SSSR count). The lowest BCUT2D eigenvalue weighted by atomic mass is 9.86. The van der Waals surface area contributed by atoms with Crippen molar-refractivity contribution in [3.05, 3.63) is 35.8 Å². The molecule has 0 bridgehead atoms. The number of hydrogen-bond acceptors (Lipinski definition) is 4. The van der Waals surface area contributed by atoms with Crippen LogP contribution in [-0.4, -0.2) is 22.7 Å². The van der Waals surface area contributed by atoms with E-state index in [4.69, 9.17) is 9.47 Å². The number of carbonyl (C=O) groups excluding carboxylic acids is 2. The largest absolute Gasteiger partial charge is 0.422 e. The van der Waals surface area contributed by atoms with Crippen molar-refractivity contribution in [1.29, 1.82) is 0 Å². The Balaban J connectivity index is 1.95. The van der Waals surface area contributed by atoms with Crippen LogP contribution in [0.15, 0.2) is 24.4 Å². The SMILES string of the molecule is CCC1(CC)OC(=O)C(C(C)c2c[nH]c3ccc(F)cc23)C(=O)O1. The van der Waals surface area contributed by atoms with Gasteiger partial charge in [-0.05, 0) is 23.8 Å². The standard InChI is InChI=1S/C18H20FNO4/c1-4-18(5-2)23-16(21)15(17(22)24-18)10(3)13-9-20-14-7-6-11(19)8-12(13)14/h6-10,15,20H,4-5H2,1-3H3. The number of halogens is 1. The highest BCUT2D eigenvalue weighted by Crippen LogP contribution is 2.38. The summed E-state index contributed by atoms with van der Waals surface area (Å²) in [5.41, 5.74) is 1.43. The van der Waals surface area contributed by atoms with Crippen molar-refractivity contribution in [3.8, 4) is 0 Å². The maximum atomic E-state index is 13.5. The van der Waals surface area contributed by atoms with Gasteiger partial charge in [0, 0.05) is 35.9 Å². The third-order valence-electron chi connectivity index (χ3n) is 4.82. The molecule has 0 radical (unpaired) electrons. The van der Waals surface area contributed by atoms with Gasteiger partial charge in [0.25, 0.3) is 5.79 Å². The maximum absolute atomic E-state index is 13.5. The molecule has 2 heterocycles. The zero-order valence-electron chi connectivity index (χ0n) is 13.9. The van der Waals surface area contributed by atoms with E-state index >= 15 is 0 Å². The lowest BCUT2D eigenvalue weighted by Crippen LogP contribution is -2.50. The van der Waals surface area contributed by atoms with Gasteiger partial charge in [-0.15, -0.1) is 0 Å². The van der Waals surface area contributed by atoms with Gasteiger partial charge in [-0.1, -0.05) is 20.8 Å². The molecule has 1 fully saturated rings. The van der Waals surface area contributed by atoms with Crippen molar-refractivity contribution in [2.45, 2.75) is 45.3 Å².